The van der Waals surface area contributed by atoms with Gasteiger partial charge in [-0.25, -0.2) is 22.6 Å². The van der Waals surface area contributed by atoms with E-state index >= 15 is 4.39 Å². The number of piperidine rings is 1. The van der Waals surface area contributed by atoms with Gasteiger partial charge >= 0.3 is 6.09 Å². The van der Waals surface area contributed by atoms with Crippen LogP contribution < -0.4 is 10.1 Å². The topological polar surface area (TPSA) is 107 Å². The van der Waals surface area contributed by atoms with Crippen LogP contribution in [0.25, 0.3) is 0 Å². The first-order valence-corrected chi connectivity index (χ1v) is 13.0. The third-order valence-electron chi connectivity index (χ3n) is 5.84. The van der Waals surface area contributed by atoms with Crippen molar-refractivity contribution < 1.29 is 36.2 Å². The number of hydrogen-bond donors (Lipinski definition) is 1. The van der Waals surface area contributed by atoms with E-state index < -0.39 is 33.7 Å². The molecule has 3 heterocycles. The summed E-state index contributed by atoms with van der Waals surface area (Å²) in [5, 5.41) is 2.63. The Balaban J connectivity index is 1.50. The summed E-state index contributed by atoms with van der Waals surface area (Å²) < 4.78 is 69.8. The van der Waals surface area contributed by atoms with Crippen LogP contribution in [0.5, 0.6) is 5.88 Å². The molecule has 2 aliphatic rings. The number of hydrogen-bond acceptors (Lipinski definition) is 8. The molecule has 0 spiro atoms. The van der Waals surface area contributed by atoms with Crippen LogP contribution in [-0.2, 0) is 19.3 Å². The molecule has 1 aromatic heterocycles. The van der Waals surface area contributed by atoms with E-state index in [1.165, 1.54) is 24.4 Å². The molecular weight excluding hydrogens is 484 g/mol. The van der Waals surface area contributed by atoms with Crippen LogP contribution in [0.4, 0.5) is 25.0 Å². The standard InChI is InChI=1S/C23H27F2N3O6S/c1-13(2)33-23(29)28-9-14-11-32-12-15(10-28)21(14)34-22-20(25)19(6-7-26-22)27-18-5-4-16(8-17(18)24)35(3,30)31/h4-8,13-15,21H,9-12H2,1-3H3,(H,26,27). The van der Waals surface area contributed by atoms with E-state index in [2.05, 4.69) is 10.3 Å². The van der Waals surface area contributed by atoms with E-state index in [0.717, 1.165) is 12.3 Å². The van der Waals surface area contributed by atoms with Crippen molar-refractivity contribution >= 4 is 27.3 Å². The van der Waals surface area contributed by atoms with Crippen LogP contribution in [0.2, 0.25) is 0 Å². The van der Waals surface area contributed by atoms with Crippen LogP contribution in [0.1, 0.15) is 13.8 Å². The Hall–Kier alpha value is -2.99. The van der Waals surface area contributed by atoms with Gasteiger partial charge in [-0.2, -0.15) is 4.39 Å². The maximum atomic E-state index is 15.3. The Morgan fingerprint density at radius 2 is 1.86 bits per heavy atom. The van der Waals surface area contributed by atoms with Gasteiger partial charge in [-0.3, -0.25) is 0 Å². The fourth-order valence-electron chi connectivity index (χ4n) is 4.22. The first kappa shape index (κ1) is 25.1. The molecule has 35 heavy (non-hydrogen) atoms. The summed E-state index contributed by atoms with van der Waals surface area (Å²) in [7, 11) is -3.58. The molecule has 0 aliphatic carbocycles. The normalized spacial score (nSPS) is 22.1. The zero-order valence-corrected chi connectivity index (χ0v) is 20.3. The third kappa shape index (κ3) is 5.64. The van der Waals surface area contributed by atoms with Gasteiger partial charge in [0.15, 0.2) is 9.84 Å². The van der Waals surface area contributed by atoms with Crippen molar-refractivity contribution in [2.24, 2.45) is 11.8 Å². The number of pyridine rings is 1. The molecule has 9 nitrogen and oxygen atoms in total. The molecule has 0 radical (unpaired) electrons. The van der Waals surface area contributed by atoms with Gasteiger partial charge in [-0.15, -0.1) is 0 Å². The molecule has 2 unspecified atom stereocenters. The molecule has 2 bridgehead atoms. The van der Waals surface area contributed by atoms with Gasteiger partial charge in [0, 0.05) is 37.4 Å². The molecular formula is C23H27F2N3O6S. The minimum Gasteiger partial charge on any atom is -0.471 e. The van der Waals surface area contributed by atoms with Gasteiger partial charge in [-0.1, -0.05) is 0 Å². The number of likely N-dealkylation sites (tertiary alicyclic amines) is 1. The van der Waals surface area contributed by atoms with E-state index in [4.69, 9.17) is 14.2 Å². The highest BCUT2D eigenvalue weighted by atomic mass is 32.2. The lowest BCUT2D eigenvalue weighted by molar-refractivity contribution is -0.111. The Morgan fingerprint density at radius 1 is 1.17 bits per heavy atom. The highest BCUT2D eigenvalue weighted by Crippen LogP contribution is 2.34. The monoisotopic (exact) mass is 511 g/mol. The molecule has 1 amide bonds. The molecule has 0 saturated carbocycles. The number of halogens is 2. The molecule has 1 N–H and O–H groups in total. The number of benzene rings is 1. The van der Waals surface area contributed by atoms with E-state index in [1.807, 2.05) is 0 Å². The van der Waals surface area contributed by atoms with Crippen molar-refractivity contribution in [3.8, 4) is 5.88 Å². The van der Waals surface area contributed by atoms with Gasteiger partial charge in [0.05, 0.1) is 35.6 Å². The number of amides is 1. The quantitative estimate of drug-likeness (QED) is 0.629. The van der Waals surface area contributed by atoms with E-state index in [1.54, 1.807) is 18.7 Å². The molecule has 4 rings (SSSR count). The average molecular weight is 512 g/mol. The van der Waals surface area contributed by atoms with E-state index in [9.17, 15) is 17.6 Å². The molecule has 2 aliphatic heterocycles. The fourth-order valence-corrected chi connectivity index (χ4v) is 4.85. The summed E-state index contributed by atoms with van der Waals surface area (Å²) in [5.74, 6) is -2.34. The van der Waals surface area contributed by atoms with E-state index in [0.29, 0.717) is 26.3 Å². The minimum atomic E-state index is -3.58. The van der Waals surface area contributed by atoms with Gasteiger partial charge in [0.1, 0.15) is 11.9 Å². The predicted molar refractivity (Wildman–Crippen MR) is 122 cm³/mol. The number of sulfone groups is 1. The van der Waals surface area contributed by atoms with Crippen molar-refractivity contribution in [1.29, 1.82) is 0 Å². The first-order valence-electron chi connectivity index (χ1n) is 11.1. The van der Waals surface area contributed by atoms with Crippen molar-refractivity contribution in [2.75, 3.05) is 37.9 Å². The maximum absolute atomic E-state index is 15.3. The Kier molecular flexibility index (Phi) is 7.13. The fraction of sp³-hybridized carbons (Fsp3) is 0.478. The van der Waals surface area contributed by atoms with Gasteiger partial charge in [-0.05, 0) is 38.1 Å². The zero-order valence-electron chi connectivity index (χ0n) is 19.5. The summed E-state index contributed by atoms with van der Waals surface area (Å²) in [6.45, 7) is 4.90. The summed E-state index contributed by atoms with van der Waals surface area (Å²) >= 11 is 0. The first-order chi connectivity index (χ1) is 16.5. The Morgan fingerprint density at radius 3 is 2.46 bits per heavy atom. The lowest BCUT2D eigenvalue weighted by atomic mass is 9.84. The number of nitrogens with zero attached hydrogens (tertiary/aromatic N) is 2. The molecule has 2 saturated heterocycles. The van der Waals surface area contributed by atoms with Crippen LogP contribution in [-0.4, -0.2) is 69.2 Å². The molecule has 2 atom stereocenters. The van der Waals surface area contributed by atoms with Crippen molar-refractivity contribution in [3.63, 3.8) is 0 Å². The largest absolute Gasteiger partial charge is 0.471 e. The minimum absolute atomic E-state index is 0.0830. The smallest absolute Gasteiger partial charge is 0.410 e. The second-order valence-electron chi connectivity index (χ2n) is 8.99. The van der Waals surface area contributed by atoms with Gasteiger partial charge < -0.3 is 24.4 Å². The van der Waals surface area contributed by atoms with Crippen molar-refractivity contribution in [1.82, 2.24) is 9.88 Å². The summed E-state index contributed by atoms with van der Waals surface area (Å²) in [5.41, 5.74) is -0.184. The van der Waals surface area contributed by atoms with E-state index in [-0.39, 0.29) is 40.1 Å². The van der Waals surface area contributed by atoms with Crippen LogP contribution in [0.3, 0.4) is 0 Å². The number of nitrogens with one attached hydrogen (secondary N) is 1. The number of fused-ring (bicyclic) bond motifs is 2. The van der Waals surface area contributed by atoms with Gasteiger partial charge in [0.25, 0.3) is 5.88 Å². The lowest BCUT2D eigenvalue weighted by Crippen LogP contribution is -2.58. The molecule has 190 valence electrons. The summed E-state index contributed by atoms with van der Waals surface area (Å²) in [4.78, 5) is 17.8. The van der Waals surface area contributed by atoms with Crippen LogP contribution in [0, 0.1) is 23.5 Å². The maximum Gasteiger partial charge on any atom is 0.410 e. The highest BCUT2D eigenvalue weighted by Gasteiger charge is 2.44. The lowest BCUT2D eigenvalue weighted by Gasteiger charge is -2.45. The Bertz CT molecular complexity index is 1200. The molecule has 1 aromatic carbocycles. The SMILES string of the molecule is CC(C)OC(=O)N1CC2COCC(C1)C2Oc1nccc(Nc2ccc(S(C)(=O)=O)cc2F)c1F. The van der Waals surface area contributed by atoms with Crippen molar-refractivity contribution in [3.05, 3.63) is 42.1 Å². The summed E-state index contributed by atoms with van der Waals surface area (Å²) in [6.07, 6.45) is 1.21. The second kappa shape index (κ2) is 9.94. The molecule has 2 aromatic rings. The van der Waals surface area contributed by atoms with Crippen LogP contribution >= 0.6 is 0 Å². The third-order valence-corrected chi connectivity index (χ3v) is 6.95. The van der Waals surface area contributed by atoms with Gasteiger partial charge in [0.2, 0.25) is 5.82 Å². The summed E-state index contributed by atoms with van der Waals surface area (Å²) in [6, 6.07) is 4.64. The number of carbonyl (C=O) groups excluding carboxylic acids is 1. The zero-order chi connectivity index (χ0) is 25.3. The number of ether oxygens (including phenoxy) is 3. The number of anilines is 2. The number of aromatic nitrogens is 1. The van der Waals surface area contributed by atoms with Crippen LogP contribution in [0.15, 0.2) is 35.4 Å². The van der Waals surface area contributed by atoms with Crippen molar-refractivity contribution in [2.45, 2.75) is 31.0 Å². The molecule has 2 fully saturated rings. The highest BCUT2D eigenvalue weighted by molar-refractivity contribution is 7.90. The number of rotatable bonds is 6. The predicted octanol–water partition coefficient (Wildman–Crippen LogP) is 3.38. The Labute approximate surface area is 202 Å². The number of carbonyl (C=O) groups is 1. The molecule has 12 heteroatoms. The average Bonchev–Trinajstić information content (AvgIpc) is 2.76. The second-order valence-corrected chi connectivity index (χ2v) is 11.0.